The predicted molar refractivity (Wildman–Crippen MR) is 81.3 cm³/mol. The minimum Gasteiger partial charge on any atom is -0.289 e. The number of hydrogen-bond acceptors (Lipinski definition) is 1. The number of carbonyl (C=O) groups is 1. The number of ketones is 1. The summed E-state index contributed by atoms with van der Waals surface area (Å²) in [6, 6.07) is 12.5. The maximum atomic E-state index is 12.1. The Labute approximate surface area is 126 Å². The molecule has 0 aliphatic rings. The van der Waals surface area contributed by atoms with Crippen molar-refractivity contribution in [3.05, 3.63) is 74.7 Å². The summed E-state index contributed by atoms with van der Waals surface area (Å²) >= 11 is 17.7. The molecule has 0 bridgehead atoms. The third kappa shape index (κ3) is 3.60. The topological polar surface area (TPSA) is 17.1 Å². The smallest absolute Gasteiger partial charge is 0.187 e. The zero-order valence-electron chi connectivity index (χ0n) is 9.74. The first-order valence-corrected chi connectivity index (χ1v) is 6.63. The molecule has 0 N–H and O–H groups in total. The quantitative estimate of drug-likeness (QED) is 0.413. The van der Waals surface area contributed by atoms with Crippen molar-refractivity contribution in [2.45, 2.75) is 0 Å². The van der Waals surface area contributed by atoms with E-state index in [9.17, 15) is 4.79 Å². The van der Waals surface area contributed by atoms with Gasteiger partial charge in [0, 0.05) is 10.6 Å². The Kier molecular flexibility index (Phi) is 4.65. The third-order valence-electron chi connectivity index (χ3n) is 2.49. The average molecular weight is 312 g/mol. The van der Waals surface area contributed by atoms with Crippen LogP contribution >= 0.6 is 34.8 Å². The maximum Gasteiger partial charge on any atom is 0.187 e. The second-order valence-electron chi connectivity index (χ2n) is 3.86. The van der Waals surface area contributed by atoms with Crippen LogP contribution in [-0.4, -0.2) is 5.78 Å². The van der Waals surface area contributed by atoms with Crippen LogP contribution in [0.3, 0.4) is 0 Å². The van der Waals surface area contributed by atoms with Gasteiger partial charge in [-0.1, -0.05) is 71.2 Å². The lowest BCUT2D eigenvalue weighted by Crippen LogP contribution is -1.96. The molecule has 0 saturated carbocycles. The van der Waals surface area contributed by atoms with Gasteiger partial charge in [-0.05, 0) is 23.8 Å². The molecule has 0 atom stereocenters. The molecular weight excluding hydrogens is 303 g/mol. The van der Waals surface area contributed by atoms with E-state index in [-0.39, 0.29) is 15.8 Å². The van der Waals surface area contributed by atoms with E-state index in [0.29, 0.717) is 10.6 Å². The Morgan fingerprint density at radius 3 is 2.37 bits per heavy atom. The second-order valence-corrected chi connectivity index (χ2v) is 5.08. The number of benzene rings is 2. The van der Waals surface area contributed by atoms with Gasteiger partial charge in [0.1, 0.15) is 0 Å². The molecule has 0 radical (unpaired) electrons. The average Bonchev–Trinajstić information content (AvgIpc) is 2.41. The van der Waals surface area contributed by atoms with Gasteiger partial charge in [0.05, 0.1) is 10.0 Å². The molecule has 0 heterocycles. The number of halogens is 3. The van der Waals surface area contributed by atoms with Crippen LogP contribution in [0.15, 0.2) is 48.5 Å². The van der Waals surface area contributed by atoms with Gasteiger partial charge in [0.25, 0.3) is 0 Å². The third-order valence-corrected chi connectivity index (χ3v) is 3.51. The van der Waals surface area contributed by atoms with Gasteiger partial charge >= 0.3 is 0 Å². The lowest BCUT2D eigenvalue weighted by molar-refractivity contribution is 0.104. The van der Waals surface area contributed by atoms with Crippen molar-refractivity contribution in [3.63, 3.8) is 0 Å². The molecule has 0 aromatic heterocycles. The molecule has 1 nitrogen and oxygen atoms in total. The summed E-state index contributed by atoms with van der Waals surface area (Å²) in [5, 5.41) is 0.866. The van der Waals surface area contributed by atoms with E-state index < -0.39 is 0 Å². The van der Waals surface area contributed by atoms with E-state index >= 15 is 0 Å². The van der Waals surface area contributed by atoms with Crippen LogP contribution in [0.4, 0.5) is 0 Å². The minimum absolute atomic E-state index is 0.216. The van der Waals surface area contributed by atoms with Crippen LogP contribution in [0, 0.1) is 0 Å². The molecule has 2 aromatic rings. The van der Waals surface area contributed by atoms with Gasteiger partial charge in [0.15, 0.2) is 5.78 Å². The molecular formula is C15H9Cl3O. The van der Waals surface area contributed by atoms with Crippen LogP contribution in [-0.2, 0) is 0 Å². The summed E-state index contributed by atoms with van der Waals surface area (Å²) in [5.74, 6) is -0.238. The van der Waals surface area contributed by atoms with Gasteiger partial charge < -0.3 is 0 Å². The van der Waals surface area contributed by atoms with Crippen molar-refractivity contribution in [3.8, 4) is 0 Å². The molecule has 4 heteroatoms. The van der Waals surface area contributed by atoms with Crippen molar-refractivity contribution < 1.29 is 4.79 Å². The summed E-state index contributed by atoms with van der Waals surface area (Å²) in [4.78, 5) is 12.1. The van der Waals surface area contributed by atoms with Crippen molar-refractivity contribution in [2.24, 2.45) is 0 Å². The SMILES string of the molecule is O=C(C=Cc1ccccc1)c1cc(Cl)cc(Cl)c1Cl. The number of hydrogen-bond donors (Lipinski definition) is 0. The van der Waals surface area contributed by atoms with Gasteiger partial charge in [-0.3, -0.25) is 4.79 Å². The molecule has 0 fully saturated rings. The van der Waals surface area contributed by atoms with Crippen LogP contribution in [0.2, 0.25) is 15.1 Å². The van der Waals surface area contributed by atoms with Crippen molar-refractivity contribution in [1.29, 1.82) is 0 Å². The molecule has 96 valence electrons. The van der Waals surface area contributed by atoms with Gasteiger partial charge in [-0.2, -0.15) is 0 Å². The van der Waals surface area contributed by atoms with Crippen LogP contribution < -0.4 is 0 Å². The maximum absolute atomic E-state index is 12.1. The van der Waals surface area contributed by atoms with Crippen LogP contribution in [0.5, 0.6) is 0 Å². The molecule has 19 heavy (non-hydrogen) atoms. The highest BCUT2D eigenvalue weighted by Gasteiger charge is 2.12. The Morgan fingerprint density at radius 1 is 1.00 bits per heavy atom. The molecule has 0 spiro atoms. The number of carbonyl (C=O) groups excluding carboxylic acids is 1. The lowest BCUT2D eigenvalue weighted by atomic mass is 10.1. The van der Waals surface area contributed by atoms with Crippen molar-refractivity contribution in [1.82, 2.24) is 0 Å². The van der Waals surface area contributed by atoms with E-state index in [1.165, 1.54) is 18.2 Å². The fourth-order valence-electron chi connectivity index (χ4n) is 1.56. The molecule has 2 aromatic carbocycles. The molecule has 0 amide bonds. The highest BCUT2D eigenvalue weighted by Crippen LogP contribution is 2.30. The van der Waals surface area contributed by atoms with Crippen LogP contribution in [0.1, 0.15) is 15.9 Å². The first-order valence-electron chi connectivity index (χ1n) is 5.50. The number of rotatable bonds is 3. The molecule has 0 aliphatic carbocycles. The first-order chi connectivity index (χ1) is 9.08. The van der Waals surface area contributed by atoms with Crippen molar-refractivity contribution >= 4 is 46.7 Å². The lowest BCUT2D eigenvalue weighted by Gasteiger charge is -2.03. The summed E-state index contributed by atoms with van der Waals surface area (Å²) in [6.07, 6.45) is 3.16. The molecule has 0 saturated heterocycles. The summed E-state index contributed by atoms with van der Waals surface area (Å²) in [7, 11) is 0. The highest BCUT2D eigenvalue weighted by molar-refractivity contribution is 6.45. The predicted octanol–water partition coefficient (Wildman–Crippen LogP) is 5.54. The molecule has 0 unspecified atom stereocenters. The Hall–Kier alpha value is -1.28. The first kappa shape index (κ1) is 14.1. The summed E-state index contributed by atoms with van der Waals surface area (Å²) in [6.45, 7) is 0. The normalized spacial score (nSPS) is 10.9. The zero-order chi connectivity index (χ0) is 13.8. The second kappa shape index (κ2) is 6.25. The van der Waals surface area contributed by atoms with E-state index in [1.54, 1.807) is 6.08 Å². The summed E-state index contributed by atoms with van der Waals surface area (Å²) < 4.78 is 0. The van der Waals surface area contributed by atoms with Crippen LogP contribution in [0.25, 0.3) is 6.08 Å². The fraction of sp³-hybridized carbons (Fsp3) is 0. The summed E-state index contributed by atoms with van der Waals surface area (Å²) in [5.41, 5.74) is 1.23. The van der Waals surface area contributed by atoms with Crippen molar-refractivity contribution in [2.75, 3.05) is 0 Å². The monoisotopic (exact) mass is 310 g/mol. The Morgan fingerprint density at radius 2 is 1.68 bits per heavy atom. The van der Waals surface area contributed by atoms with E-state index in [1.807, 2.05) is 30.3 Å². The number of allylic oxidation sites excluding steroid dienone is 1. The minimum atomic E-state index is -0.238. The largest absolute Gasteiger partial charge is 0.289 e. The molecule has 2 rings (SSSR count). The zero-order valence-corrected chi connectivity index (χ0v) is 12.0. The van der Waals surface area contributed by atoms with E-state index in [2.05, 4.69) is 0 Å². The van der Waals surface area contributed by atoms with Gasteiger partial charge in [-0.25, -0.2) is 0 Å². The standard InChI is InChI=1S/C15H9Cl3O/c16-11-8-12(15(18)13(17)9-11)14(19)7-6-10-4-2-1-3-5-10/h1-9H. The van der Waals surface area contributed by atoms with E-state index in [4.69, 9.17) is 34.8 Å². The van der Waals surface area contributed by atoms with E-state index in [0.717, 1.165) is 5.56 Å². The highest BCUT2D eigenvalue weighted by atomic mass is 35.5. The molecule has 0 aliphatic heterocycles. The Bertz CT molecular complexity index is 633. The Balaban J connectivity index is 2.28. The van der Waals surface area contributed by atoms with Gasteiger partial charge in [-0.15, -0.1) is 0 Å². The van der Waals surface area contributed by atoms with Gasteiger partial charge in [0.2, 0.25) is 0 Å². The fourth-order valence-corrected chi connectivity index (χ4v) is 2.26.